The SMILES string of the molecule is CCC[C@H](C)NC(=O)CN(C)CC(=O)Nc1ccc(F)c(F)c1F. The van der Waals surface area contributed by atoms with Crippen molar-refractivity contribution in [2.75, 3.05) is 25.5 Å². The van der Waals surface area contributed by atoms with Gasteiger partial charge in [-0.2, -0.15) is 0 Å². The van der Waals surface area contributed by atoms with E-state index in [1.807, 2.05) is 13.8 Å². The van der Waals surface area contributed by atoms with Gasteiger partial charge in [0.2, 0.25) is 11.8 Å². The molecule has 2 amide bonds. The van der Waals surface area contributed by atoms with E-state index < -0.39 is 29.0 Å². The third-order valence-electron chi connectivity index (χ3n) is 3.27. The van der Waals surface area contributed by atoms with Crippen molar-refractivity contribution in [2.24, 2.45) is 0 Å². The lowest BCUT2D eigenvalue weighted by molar-refractivity contribution is -0.123. The minimum atomic E-state index is -1.65. The van der Waals surface area contributed by atoms with Gasteiger partial charge in [-0.3, -0.25) is 14.5 Å². The molecule has 0 radical (unpaired) electrons. The number of carbonyl (C=O) groups excluding carboxylic acids is 2. The summed E-state index contributed by atoms with van der Waals surface area (Å²) in [6.45, 7) is 3.69. The van der Waals surface area contributed by atoms with E-state index in [0.29, 0.717) is 0 Å². The van der Waals surface area contributed by atoms with Crippen molar-refractivity contribution in [1.29, 1.82) is 0 Å². The zero-order chi connectivity index (χ0) is 18.3. The summed E-state index contributed by atoms with van der Waals surface area (Å²) >= 11 is 0. The molecule has 0 saturated carbocycles. The predicted octanol–water partition coefficient (Wildman–Crippen LogP) is 2.28. The molecule has 2 N–H and O–H groups in total. The lowest BCUT2D eigenvalue weighted by Gasteiger charge is -2.18. The minimum absolute atomic E-state index is 0.0122. The zero-order valence-corrected chi connectivity index (χ0v) is 14.0. The van der Waals surface area contributed by atoms with E-state index in [0.717, 1.165) is 25.0 Å². The highest BCUT2D eigenvalue weighted by Crippen LogP contribution is 2.19. The predicted molar refractivity (Wildman–Crippen MR) is 85.0 cm³/mol. The Morgan fingerprint density at radius 1 is 1.12 bits per heavy atom. The lowest BCUT2D eigenvalue weighted by atomic mass is 10.2. The van der Waals surface area contributed by atoms with E-state index in [2.05, 4.69) is 10.6 Å². The van der Waals surface area contributed by atoms with Crippen LogP contribution in [-0.2, 0) is 9.59 Å². The number of hydrogen-bond donors (Lipinski definition) is 2. The second-order valence-corrected chi connectivity index (χ2v) is 5.70. The summed E-state index contributed by atoms with van der Waals surface area (Å²) in [6, 6.07) is 1.70. The van der Waals surface area contributed by atoms with Gasteiger partial charge in [-0.25, -0.2) is 13.2 Å². The van der Waals surface area contributed by atoms with Crippen LogP contribution in [0.4, 0.5) is 18.9 Å². The van der Waals surface area contributed by atoms with Gasteiger partial charge in [0.25, 0.3) is 0 Å². The van der Waals surface area contributed by atoms with Crippen molar-refractivity contribution in [1.82, 2.24) is 10.2 Å². The molecular weight excluding hydrogens is 323 g/mol. The van der Waals surface area contributed by atoms with Crippen LogP contribution < -0.4 is 10.6 Å². The molecule has 134 valence electrons. The van der Waals surface area contributed by atoms with E-state index in [9.17, 15) is 22.8 Å². The molecule has 8 heteroatoms. The molecule has 0 spiro atoms. The number of anilines is 1. The topological polar surface area (TPSA) is 61.4 Å². The molecule has 0 fully saturated rings. The Hall–Kier alpha value is -2.09. The second-order valence-electron chi connectivity index (χ2n) is 5.70. The lowest BCUT2D eigenvalue weighted by Crippen LogP contribution is -2.42. The second kappa shape index (κ2) is 9.27. The number of benzene rings is 1. The number of amides is 2. The summed E-state index contributed by atoms with van der Waals surface area (Å²) in [4.78, 5) is 25.0. The number of nitrogens with one attached hydrogen (secondary N) is 2. The first-order valence-corrected chi connectivity index (χ1v) is 7.65. The molecule has 0 aliphatic carbocycles. The average molecular weight is 345 g/mol. The number of carbonyl (C=O) groups is 2. The highest BCUT2D eigenvalue weighted by atomic mass is 19.2. The van der Waals surface area contributed by atoms with Crippen molar-refractivity contribution < 1.29 is 22.8 Å². The normalized spacial score (nSPS) is 12.1. The fourth-order valence-corrected chi connectivity index (χ4v) is 2.18. The van der Waals surface area contributed by atoms with Crippen molar-refractivity contribution >= 4 is 17.5 Å². The van der Waals surface area contributed by atoms with Crippen molar-refractivity contribution in [2.45, 2.75) is 32.7 Å². The molecule has 5 nitrogen and oxygen atoms in total. The fourth-order valence-electron chi connectivity index (χ4n) is 2.18. The molecule has 0 aromatic heterocycles. The van der Waals surface area contributed by atoms with Gasteiger partial charge in [0.15, 0.2) is 17.5 Å². The number of hydrogen-bond acceptors (Lipinski definition) is 3. The maximum absolute atomic E-state index is 13.5. The molecule has 0 unspecified atom stereocenters. The van der Waals surface area contributed by atoms with Crippen molar-refractivity contribution in [3.63, 3.8) is 0 Å². The molecule has 1 atom stereocenters. The van der Waals surface area contributed by atoms with Crippen LogP contribution in [0.25, 0.3) is 0 Å². The Kier molecular flexibility index (Phi) is 7.70. The first kappa shape index (κ1) is 20.0. The van der Waals surface area contributed by atoms with Gasteiger partial charge in [0.05, 0.1) is 18.8 Å². The zero-order valence-electron chi connectivity index (χ0n) is 14.0. The van der Waals surface area contributed by atoms with Gasteiger partial charge in [-0.05, 0) is 32.5 Å². The Balaban J connectivity index is 2.50. The molecule has 0 bridgehead atoms. The van der Waals surface area contributed by atoms with E-state index in [1.165, 1.54) is 4.90 Å². The van der Waals surface area contributed by atoms with Gasteiger partial charge in [0.1, 0.15) is 0 Å². The van der Waals surface area contributed by atoms with Crippen LogP contribution in [0, 0.1) is 17.5 Å². The van der Waals surface area contributed by atoms with Gasteiger partial charge in [0, 0.05) is 6.04 Å². The molecule has 1 rings (SSSR count). The quantitative estimate of drug-likeness (QED) is 0.711. The monoisotopic (exact) mass is 345 g/mol. The maximum Gasteiger partial charge on any atom is 0.238 e. The molecule has 0 saturated heterocycles. The molecule has 0 heterocycles. The average Bonchev–Trinajstić information content (AvgIpc) is 2.47. The molecular formula is C16H22F3N3O2. The van der Waals surface area contributed by atoms with E-state index in [1.54, 1.807) is 7.05 Å². The number of halogens is 3. The van der Waals surface area contributed by atoms with Crippen LogP contribution in [0.5, 0.6) is 0 Å². The number of nitrogens with zero attached hydrogens (tertiary/aromatic N) is 1. The standard InChI is InChI=1S/C16H22F3N3O2/c1-4-5-10(2)20-13(23)8-22(3)9-14(24)21-12-7-6-11(17)15(18)16(12)19/h6-7,10H,4-5,8-9H2,1-3H3,(H,20,23)(H,21,24)/t10-/m0/s1. The van der Waals surface area contributed by atoms with E-state index >= 15 is 0 Å². The van der Waals surface area contributed by atoms with Gasteiger partial charge < -0.3 is 10.6 Å². The molecule has 1 aromatic rings. The Bertz CT molecular complexity index is 596. The molecule has 0 aliphatic heterocycles. The summed E-state index contributed by atoms with van der Waals surface area (Å²) in [5.41, 5.74) is -0.451. The summed E-state index contributed by atoms with van der Waals surface area (Å²) in [5.74, 6) is -5.31. The van der Waals surface area contributed by atoms with Crippen LogP contribution in [0.15, 0.2) is 12.1 Å². The first-order chi connectivity index (χ1) is 11.2. The summed E-state index contributed by atoms with van der Waals surface area (Å²) in [6.07, 6.45) is 1.80. The van der Waals surface area contributed by atoms with Crippen LogP contribution in [0.2, 0.25) is 0 Å². The third kappa shape index (κ3) is 6.19. The Morgan fingerprint density at radius 3 is 2.38 bits per heavy atom. The van der Waals surface area contributed by atoms with Crippen LogP contribution >= 0.6 is 0 Å². The van der Waals surface area contributed by atoms with E-state index in [4.69, 9.17) is 0 Å². The molecule has 24 heavy (non-hydrogen) atoms. The summed E-state index contributed by atoms with van der Waals surface area (Å²) in [5, 5.41) is 4.94. The largest absolute Gasteiger partial charge is 0.353 e. The first-order valence-electron chi connectivity index (χ1n) is 7.65. The van der Waals surface area contributed by atoms with Crippen LogP contribution in [0.1, 0.15) is 26.7 Å². The highest BCUT2D eigenvalue weighted by molar-refractivity contribution is 5.92. The Labute approximate surface area is 139 Å². The van der Waals surface area contributed by atoms with Crippen molar-refractivity contribution in [3.05, 3.63) is 29.6 Å². The number of likely N-dealkylation sites (N-methyl/N-ethyl adjacent to an activating group) is 1. The molecule has 1 aromatic carbocycles. The van der Waals surface area contributed by atoms with Crippen LogP contribution in [0.3, 0.4) is 0 Å². The smallest absolute Gasteiger partial charge is 0.238 e. The van der Waals surface area contributed by atoms with E-state index in [-0.39, 0.29) is 25.0 Å². The Morgan fingerprint density at radius 2 is 1.75 bits per heavy atom. The van der Waals surface area contributed by atoms with Gasteiger partial charge in [-0.15, -0.1) is 0 Å². The molecule has 0 aliphatic rings. The third-order valence-corrected chi connectivity index (χ3v) is 3.27. The minimum Gasteiger partial charge on any atom is -0.353 e. The van der Waals surface area contributed by atoms with Gasteiger partial charge >= 0.3 is 0 Å². The summed E-state index contributed by atoms with van der Waals surface area (Å²) < 4.78 is 39.4. The number of rotatable bonds is 8. The van der Waals surface area contributed by atoms with Crippen LogP contribution in [-0.4, -0.2) is 42.9 Å². The van der Waals surface area contributed by atoms with Crippen molar-refractivity contribution in [3.8, 4) is 0 Å². The fraction of sp³-hybridized carbons (Fsp3) is 0.500. The highest BCUT2D eigenvalue weighted by Gasteiger charge is 2.17. The maximum atomic E-state index is 13.5. The van der Waals surface area contributed by atoms with Gasteiger partial charge in [-0.1, -0.05) is 13.3 Å². The summed E-state index contributed by atoms with van der Waals surface area (Å²) in [7, 11) is 1.55.